The largest absolute Gasteiger partial charge is 0.338 e. The molecule has 2 fully saturated rings. The molecule has 0 aliphatic heterocycles. The number of benzene rings is 1. The Balaban J connectivity index is 1.48. The molecule has 2 saturated carbocycles. The fourth-order valence-electron chi connectivity index (χ4n) is 3.89. The number of hydrogen-bond donors (Lipinski definition) is 0. The molecule has 2 aromatic rings. The molecule has 26 heavy (non-hydrogen) atoms. The van der Waals surface area contributed by atoms with Crippen LogP contribution in [0.25, 0.3) is 11.4 Å². The van der Waals surface area contributed by atoms with Crippen molar-refractivity contribution in [3.05, 3.63) is 40.3 Å². The molecule has 2 aliphatic rings. The fourth-order valence-corrected chi connectivity index (χ4v) is 3.89. The molecular weight excluding hydrogens is 332 g/mol. The van der Waals surface area contributed by atoms with Crippen LogP contribution < -0.4 is 0 Å². The zero-order valence-electron chi connectivity index (χ0n) is 15.0. The third kappa shape index (κ3) is 3.77. The molecule has 0 unspecified atom stereocenters. The van der Waals surface area contributed by atoms with Gasteiger partial charge in [0.05, 0.1) is 11.5 Å². The molecule has 1 heterocycles. The Bertz CT molecular complexity index is 779. The minimum Gasteiger partial charge on any atom is -0.338 e. The zero-order chi connectivity index (χ0) is 18.1. The van der Waals surface area contributed by atoms with E-state index in [9.17, 15) is 10.1 Å². The van der Waals surface area contributed by atoms with Crippen LogP contribution >= 0.6 is 0 Å². The second-order valence-corrected chi connectivity index (χ2v) is 7.64. The van der Waals surface area contributed by atoms with Crippen LogP contribution in [0.1, 0.15) is 51.3 Å². The van der Waals surface area contributed by atoms with Crippen LogP contribution in [0.5, 0.6) is 0 Å². The molecular formula is C19H24N4O3. The lowest BCUT2D eigenvalue weighted by atomic mass is 9.86. The number of nitro groups is 1. The first-order chi connectivity index (χ1) is 12.6. The number of non-ortho nitro benzene ring substituents is 1. The maximum Gasteiger partial charge on any atom is 0.270 e. The summed E-state index contributed by atoms with van der Waals surface area (Å²) in [7, 11) is 0. The highest BCUT2D eigenvalue weighted by Gasteiger charge is 2.36. The first kappa shape index (κ1) is 17.1. The monoisotopic (exact) mass is 356 g/mol. The molecule has 2 aliphatic carbocycles. The van der Waals surface area contributed by atoms with Crippen molar-refractivity contribution in [1.29, 1.82) is 0 Å². The Labute approximate surface area is 152 Å². The van der Waals surface area contributed by atoms with Crippen LogP contribution in [0.2, 0.25) is 0 Å². The first-order valence-electron chi connectivity index (χ1n) is 9.43. The van der Waals surface area contributed by atoms with Gasteiger partial charge in [0.15, 0.2) is 0 Å². The van der Waals surface area contributed by atoms with Gasteiger partial charge in [0.1, 0.15) is 0 Å². The van der Waals surface area contributed by atoms with Gasteiger partial charge in [-0.3, -0.25) is 15.0 Å². The summed E-state index contributed by atoms with van der Waals surface area (Å²) in [6, 6.07) is 7.60. The molecule has 0 N–H and O–H groups in total. The van der Waals surface area contributed by atoms with E-state index in [2.05, 4.69) is 22.0 Å². The van der Waals surface area contributed by atoms with Crippen LogP contribution in [0.3, 0.4) is 0 Å². The van der Waals surface area contributed by atoms with Gasteiger partial charge in [0.2, 0.25) is 11.7 Å². The summed E-state index contributed by atoms with van der Waals surface area (Å²) in [5.41, 5.74) is 0.642. The van der Waals surface area contributed by atoms with E-state index in [1.165, 1.54) is 50.7 Å². The van der Waals surface area contributed by atoms with E-state index in [0.29, 0.717) is 35.9 Å². The molecule has 1 aromatic carbocycles. The first-order valence-corrected chi connectivity index (χ1v) is 9.43. The van der Waals surface area contributed by atoms with Crippen LogP contribution in [0.15, 0.2) is 28.8 Å². The van der Waals surface area contributed by atoms with Crippen molar-refractivity contribution >= 4 is 5.69 Å². The van der Waals surface area contributed by atoms with E-state index in [-0.39, 0.29) is 5.69 Å². The summed E-state index contributed by atoms with van der Waals surface area (Å²) in [6.07, 6.45) is 7.55. The van der Waals surface area contributed by atoms with E-state index >= 15 is 0 Å². The smallest absolute Gasteiger partial charge is 0.270 e. The lowest BCUT2D eigenvalue weighted by Gasteiger charge is -2.35. The van der Waals surface area contributed by atoms with E-state index in [1.54, 1.807) is 12.1 Å². The number of aromatic nitrogens is 2. The van der Waals surface area contributed by atoms with Crippen molar-refractivity contribution in [1.82, 2.24) is 15.0 Å². The van der Waals surface area contributed by atoms with Crippen LogP contribution in [0.4, 0.5) is 5.69 Å². The topological polar surface area (TPSA) is 85.3 Å². The van der Waals surface area contributed by atoms with E-state index in [4.69, 9.17) is 4.52 Å². The van der Waals surface area contributed by atoms with Gasteiger partial charge in [-0.05, 0) is 44.4 Å². The normalized spacial score (nSPS) is 23.3. The number of nitro benzene ring substituents is 1. The summed E-state index contributed by atoms with van der Waals surface area (Å²) in [6.45, 7) is 3.01. The average molecular weight is 356 g/mol. The van der Waals surface area contributed by atoms with Gasteiger partial charge in [0.25, 0.3) is 5.69 Å². The van der Waals surface area contributed by atoms with E-state index < -0.39 is 4.92 Å². The van der Waals surface area contributed by atoms with E-state index in [0.717, 1.165) is 5.92 Å². The van der Waals surface area contributed by atoms with Gasteiger partial charge in [-0.25, -0.2) is 0 Å². The fraction of sp³-hybridized carbons (Fsp3) is 0.579. The quantitative estimate of drug-likeness (QED) is 0.570. The number of rotatable bonds is 6. The minimum absolute atomic E-state index is 0.0322. The summed E-state index contributed by atoms with van der Waals surface area (Å²) in [5, 5.41) is 15.0. The zero-order valence-corrected chi connectivity index (χ0v) is 15.0. The molecule has 138 valence electrons. The van der Waals surface area contributed by atoms with Crippen molar-refractivity contribution in [3.8, 4) is 11.4 Å². The standard InChI is InChI=1S/C19H24N4O3/c1-13-5-7-15(8-6-13)22(16-9-10-16)12-18-20-19(21-26-18)14-3-2-4-17(11-14)23(24)25/h2-4,11,13,15-16H,5-10,12H2,1H3. The van der Waals surface area contributed by atoms with Crippen LogP contribution in [0, 0.1) is 16.0 Å². The molecule has 7 heteroatoms. The SMILES string of the molecule is CC1CCC(N(Cc2nc(-c3cccc([N+](=O)[O-])c3)no2)C2CC2)CC1. The maximum atomic E-state index is 10.9. The lowest BCUT2D eigenvalue weighted by Crippen LogP contribution is -2.39. The van der Waals surface area contributed by atoms with Crippen molar-refractivity contribution in [2.45, 2.75) is 64.1 Å². The lowest BCUT2D eigenvalue weighted by molar-refractivity contribution is -0.384. The van der Waals surface area contributed by atoms with Crippen molar-refractivity contribution in [3.63, 3.8) is 0 Å². The third-order valence-electron chi connectivity index (χ3n) is 5.57. The summed E-state index contributed by atoms with van der Waals surface area (Å²) in [4.78, 5) is 17.6. The van der Waals surface area contributed by atoms with Crippen molar-refractivity contribution in [2.24, 2.45) is 5.92 Å². The van der Waals surface area contributed by atoms with Crippen LogP contribution in [-0.2, 0) is 6.54 Å². The van der Waals surface area contributed by atoms with Gasteiger partial charge in [-0.2, -0.15) is 4.98 Å². The Morgan fingerprint density at radius 2 is 1.88 bits per heavy atom. The van der Waals surface area contributed by atoms with E-state index in [1.807, 2.05) is 0 Å². The van der Waals surface area contributed by atoms with Gasteiger partial charge in [-0.15, -0.1) is 0 Å². The predicted octanol–water partition coefficient (Wildman–Crippen LogP) is 4.19. The highest BCUT2D eigenvalue weighted by atomic mass is 16.6. The molecule has 0 spiro atoms. The van der Waals surface area contributed by atoms with Crippen LogP contribution in [-0.4, -0.2) is 32.0 Å². The molecule has 0 atom stereocenters. The summed E-state index contributed by atoms with van der Waals surface area (Å²) in [5.74, 6) is 1.84. The summed E-state index contributed by atoms with van der Waals surface area (Å²) < 4.78 is 5.47. The Hall–Kier alpha value is -2.28. The molecule has 0 saturated heterocycles. The number of hydrogen-bond acceptors (Lipinski definition) is 6. The highest BCUT2D eigenvalue weighted by Crippen LogP contribution is 2.36. The molecule has 0 bridgehead atoms. The summed E-state index contributed by atoms with van der Waals surface area (Å²) >= 11 is 0. The Kier molecular flexibility index (Phi) is 4.72. The molecule has 0 amide bonds. The highest BCUT2D eigenvalue weighted by molar-refractivity contribution is 5.58. The Morgan fingerprint density at radius 1 is 1.19 bits per heavy atom. The van der Waals surface area contributed by atoms with Crippen molar-refractivity contribution in [2.75, 3.05) is 0 Å². The average Bonchev–Trinajstić information content (AvgIpc) is 3.38. The number of nitrogens with zero attached hydrogens (tertiary/aromatic N) is 4. The predicted molar refractivity (Wildman–Crippen MR) is 96.4 cm³/mol. The van der Waals surface area contributed by atoms with Crippen molar-refractivity contribution < 1.29 is 9.45 Å². The minimum atomic E-state index is -0.413. The molecule has 1 aromatic heterocycles. The van der Waals surface area contributed by atoms with Gasteiger partial charge in [0, 0.05) is 29.8 Å². The maximum absolute atomic E-state index is 10.9. The molecule has 0 radical (unpaired) electrons. The molecule has 4 rings (SSSR count). The van der Waals surface area contributed by atoms with Gasteiger partial charge < -0.3 is 4.52 Å². The van der Waals surface area contributed by atoms with Gasteiger partial charge >= 0.3 is 0 Å². The molecule has 7 nitrogen and oxygen atoms in total. The second-order valence-electron chi connectivity index (χ2n) is 7.64. The third-order valence-corrected chi connectivity index (χ3v) is 5.57. The Morgan fingerprint density at radius 3 is 2.54 bits per heavy atom. The second kappa shape index (κ2) is 7.15. The van der Waals surface area contributed by atoms with Gasteiger partial charge in [-0.1, -0.05) is 24.2 Å².